The van der Waals surface area contributed by atoms with E-state index in [9.17, 15) is 14.9 Å². The number of ether oxygens (including phenoxy) is 6. The molecule has 0 aromatic heterocycles. The predicted octanol–water partition coefficient (Wildman–Crippen LogP) is 5.61. The van der Waals surface area contributed by atoms with E-state index in [2.05, 4.69) is 0 Å². The van der Waals surface area contributed by atoms with E-state index >= 15 is 8.78 Å². The van der Waals surface area contributed by atoms with Gasteiger partial charge in [-0.15, -0.1) is 0 Å². The van der Waals surface area contributed by atoms with Gasteiger partial charge in [0.1, 0.15) is 30.3 Å². The lowest BCUT2D eigenvalue weighted by atomic mass is 9.83. The van der Waals surface area contributed by atoms with E-state index in [-0.39, 0.29) is 19.8 Å². The molecular formula is C29H53F2NO9. The van der Waals surface area contributed by atoms with Crippen molar-refractivity contribution in [3.8, 4) is 0 Å². The van der Waals surface area contributed by atoms with Crippen LogP contribution in [0.15, 0.2) is 0 Å². The number of nitrogens with zero attached hydrogens (tertiary/aromatic N) is 1. The summed E-state index contributed by atoms with van der Waals surface area (Å²) in [4.78, 5) is 23.2. The summed E-state index contributed by atoms with van der Waals surface area (Å²) < 4.78 is 68.0. The Morgan fingerprint density at radius 3 is 1.83 bits per heavy atom. The van der Waals surface area contributed by atoms with Crippen LogP contribution in [0.4, 0.5) is 8.78 Å². The minimum Gasteiger partial charge on any atom is -0.461 e. The van der Waals surface area contributed by atoms with Crippen molar-refractivity contribution >= 4 is 5.97 Å². The Morgan fingerprint density at radius 1 is 0.854 bits per heavy atom. The van der Waals surface area contributed by atoms with Crippen LogP contribution in [-0.2, 0) is 33.2 Å². The first-order valence-electron chi connectivity index (χ1n) is 15.4. The van der Waals surface area contributed by atoms with Crippen molar-refractivity contribution in [1.82, 2.24) is 0 Å². The monoisotopic (exact) mass is 597 g/mol. The van der Waals surface area contributed by atoms with Crippen molar-refractivity contribution in [3.05, 3.63) is 10.1 Å². The number of unbranched alkanes of at least 4 members (excludes halogenated alkanes) is 4. The summed E-state index contributed by atoms with van der Waals surface area (Å²) in [5, 5.41) is 11.8. The molecule has 1 rings (SSSR count). The molecule has 1 heterocycles. The number of hydrogen-bond donors (Lipinski definition) is 0. The molecule has 0 radical (unpaired) electrons. The van der Waals surface area contributed by atoms with Crippen LogP contribution in [-0.4, -0.2) is 93.0 Å². The number of carbonyl (C=O) groups is 1. The maximum atomic E-state index is 16.4. The number of halogens is 2. The third kappa shape index (κ3) is 11.6. The summed E-state index contributed by atoms with van der Waals surface area (Å²) in [5.74, 6) is -7.25. The molecule has 2 unspecified atom stereocenters. The summed E-state index contributed by atoms with van der Waals surface area (Å²) in [7, 11) is 0. The molecule has 242 valence electrons. The van der Waals surface area contributed by atoms with Gasteiger partial charge in [-0.25, -0.2) is 13.6 Å². The fourth-order valence-corrected chi connectivity index (χ4v) is 4.64. The van der Waals surface area contributed by atoms with Gasteiger partial charge < -0.3 is 28.4 Å². The van der Waals surface area contributed by atoms with Crippen molar-refractivity contribution in [2.24, 2.45) is 5.92 Å². The molecule has 7 atom stereocenters. The molecule has 0 saturated carbocycles. The SMILES string of the molecule is CCCCOC[C@H]1O[C@@H](C(F)(F)C(C)C(C(=O)OCC)[N+](=O)[O-])[C@H](OCCCC)[C@@H](OCCCC)[C@H]1OCCCC. The molecule has 1 saturated heterocycles. The lowest BCUT2D eigenvalue weighted by Crippen LogP contribution is -2.67. The van der Waals surface area contributed by atoms with Crippen molar-refractivity contribution < 1.29 is 46.9 Å². The van der Waals surface area contributed by atoms with Crippen LogP contribution in [0.3, 0.4) is 0 Å². The van der Waals surface area contributed by atoms with Crippen molar-refractivity contribution in [1.29, 1.82) is 0 Å². The van der Waals surface area contributed by atoms with Gasteiger partial charge in [0.25, 0.3) is 5.92 Å². The van der Waals surface area contributed by atoms with Crippen LogP contribution >= 0.6 is 0 Å². The van der Waals surface area contributed by atoms with Gasteiger partial charge in [0.2, 0.25) is 0 Å². The van der Waals surface area contributed by atoms with Crippen LogP contribution in [0, 0.1) is 16.0 Å². The average molecular weight is 598 g/mol. The van der Waals surface area contributed by atoms with E-state index in [1.165, 1.54) is 6.92 Å². The number of nitro groups is 1. The van der Waals surface area contributed by atoms with E-state index in [1.54, 1.807) is 0 Å². The Balaban J connectivity index is 3.56. The second-order valence-corrected chi connectivity index (χ2v) is 10.5. The first-order chi connectivity index (χ1) is 19.6. The summed E-state index contributed by atoms with van der Waals surface area (Å²) >= 11 is 0. The van der Waals surface area contributed by atoms with Crippen LogP contribution in [0.5, 0.6) is 0 Å². The van der Waals surface area contributed by atoms with Gasteiger partial charge in [0.15, 0.2) is 6.10 Å². The Bertz CT molecular complexity index is 730. The molecule has 0 aromatic carbocycles. The molecule has 1 aliphatic rings. The first-order valence-corrected chi connectivity index (χ1v) is 15.4. The smallest absolute Gasteiger partial charge is 0.382 e. The van der Waals surface area contributed by atoms with Gasteiger partial charge in [-0.2, -0.15) is 0 Å². The van der Waals surface area contributed by atoms with E-state index in [0.717, 1.165) is 45.4 Å². The summed E-state index contributed by atoms with van der Waals surface area (Å²) in [6.07, 6.45) is 0.308. The van der Waals surface area contributed by atoms with E-state index in [4.69, 9.17) is 28.4 Å². The normalized spacial score (nSPS) is 24.6. The minimum atomic E-state index is -3.87. The lowest BCUT2D eigenvalue weighted by molar-refractivity contribution is -0.527. The molecule has 10 nitrogen and oxygen atoms in total. The molecule has 12 heteroatoms. The molecule has 0 spiro atoms. The number of alkyl halides is 2. The van der Waals surface area contributed by atoms with Crippen LogP contribution in [0.1, 0.15) is 92.9 Å². The number of carbonyl (C=O) groups excluding carboxylic acids is 1. The highest BCUT2D eigenvalue weighted by Gasteiger charge is 2.63. The zero-order valence-corrected chi connectivity index (χ0v) is 25.8. The zero-order valence-electron chi connectivity index (χ0n) is 25.8. The third-order valence-electron chi connectivity index (χ3n) is 7.20. The van der Waals surface area contributed by atoms with Crippen LogP contribution < -0.4 is 0 Å². The third-order valence-corrected chi connectivity index (χ3v) is 7.20. The molecule has 0 amide bonds. The van der Waals surface area contributed by atoms with Crippen molar-refractivity contribution in [2.75, 3.05) is 39.6 Å². The highest BCUT2D eigenvalue weighted by molar-refractivity contribution is 5.74. The minimum absolute atomic E-state index is 0.0242. The quantitative estimate of drug-likeness (QED) is 0.0642. The van der Waals surface area contributed by atoms with E-state index in [1.807, 2.05) is 27.7 Å². The maximum Gasteiger partial charge on any atom is 0.382 e. The van der Waals surface area contributed by atoms with Crippen LogP contribution in [0.25, 0.3) is 0 Å². The van der Waals surface area contributed by atoms with Crippen molar-refractivity contribution in [3.63, 3.8) is 0 Å². The van der Waals surface area contributed by atoms with Gasteiger partial charge in [0, 0.05) is 31.4 Å². The number of esters is 1. The molecule has 0 aliphatic carbocycles. The topological polar surface area (TPSA) is 116 Å². The molecule has 1 aliphatic heterocycles. The van der Waals surface area contributed by atoms with Gasteiger partial charge in [0.05, 0.1) is 13.2 Å². The number of hydrogen-bond acceptors (Lipinski definition) is 9. The highest BCUT2D eigenvalue weighted by Crippen LogP contribution is 2.42. The first kappa shape index (κ1) is 37.6. The fraction of sp³-hybridized carbons (Fsp3) is 0.966. The summed E-state index contributed by atoms with van der Waals surface area (Å²) in [6, 6.07) is -2.29. The van der Waals surface area contributed by atoms with Gasteiger partial charge >= 0.3 is 12.0 Å². The van der Waals surface area contributed by atoms with Gasteiger partial charge in [-0.05, 0) is 39.5 Å². The second-order valence-electron chi connectivity index (χ2n) is 10.5. The van der Waals surface area contributed by atoms with Gasteiger partial charge in [-0.1, -0.05) is 53.4 Å². The predicted molar refractivity (Wildman–Crippen MR) is 150 cm³/mol. The summed E-state index contributed by atoms with van der Waals surface area (Å²) in [6.45, 7) is 11.4. The Morgan fingerprint density at radius 2 is 1.34 bits per heavy atom. The molecule has 0 N–H and O–H groups in total. The van der Waals surface area contributed by atoms with Crippen LogP contribution in [0.2, 0.25) is 0 Å². The molecule has 41 heavy (non-hydrogen) atoms. The van der Waals surface area contributed by atoms with Gasteiger partial charge in [-0.3, -0.25) is 10.1 Å². The average Bonchev–Trinajstić information content (AvgIpc) is 2.92. The second kappa shape index (κ2) is 20.4. The Labute approximate surface area is 244 Å². The summed E-state index contributed by atoms with van der Waals surface area (Å²) in [5.41, 5.74) is 0. The maximum absolute atomic E-state index is 16.4. The Hall–Kier alpha value is -1.47. The molecule has 0 bridgehead atoms. The lowest BCUT2D eigenvalue weighted by Gasteiger charge is -2.49. The largest absolute Gasteiger partial charge is 0.461 e. The number of rotatable bonds is 23. The molecule has 1 fully saturated rings. The Kier molecular flexibility index (Phi) is 18.7. The molecular weight excluding hydrogens is 544 g/mol. The molecule has 0 aromatic rings. The van der Waals surface area contributed by atoms with Crippen molar-refractivity contribution in [2.45, 2.75) is 135 Å². The standard InChI is InChI=1S/C29H53F2NO9/c1-7-12-16-36-20-22-24(38-17-13-8-2)25(39-18-14-9-3)26(40-19-15-10-4)27(41-22)29(30,31)21(6)23(32(34)35)28(33)37-11-5/h21-27H,7-20H2,1-6H3/t21?,22-,23?,24+,25+,26-,27-/m1/s1. The fourth-order valence-electron chi connectivity index (χ4n) is 4.64. The zero-order chi connectivity index (χ0) is 30.8. The van der Waals surface area contributed by atoms with E-state index < -0.39 is 59.3 Å². The highest BCUT2D eigenvalue weighted by atomic mass is 19.3. The van der Waals surface area contributed by atoms with E-state index in [0.29, 0.717) is 32.7 Å².